The van der Waals surface area contributed by atoms with Crippen LogP contribution in [0, 0.1) is 0 Å². The zero-order valence-electron chi connectivity index (χ0n) is 13.2. The number of aromatic nitrogens is 2. The van der Waals surface area contributed by atoms with Gasteiger partial charge in [-0.15, -0.1) is 0 Å². The fourth-order valence-electron chi connectivity index (χ4n) is 2.63. The molecular weight excluding hydrogens is 298 g/mol. The van der Waals surface area contributed by atoms with E-state index in [1.54, 1.807) is 0 Å². The summed E-state index contributed by atoms with van der Waals surface area (Å²) < 4.78 is 4.96. The Morgan fingerprint density at radius 1 is 1.22 bits per heavy atom. The quantitative estimate of drug-likeness (QED) is 0.678. The molecule has 0 radical (unpaired) electrons. The largest absolute Gasteiger partial charge is 0.480 e. The van der Waals surface area contributed by atoms with E-state index in [4.69, 9.17) is 10.5 Å². The maximum absolute atomic E-state index is 12.2. The molecule has 1 aliphatic carbocycles. The molecule has 8 nitrogen and oxygen atoms in total. The van der Waals surface area contributed by atoms with E-state index in [9.17, 15) is 9.59 Å². The van der Waals surface area contributed by atoms with Crippen LogP contribution in [0.4, 0.5) is 0 Å². The minimum atomic E-state index is -0.257. The zero-order chi connectivity index (χ0) is 16.7. The second kappa shape index (κ2) is 8.42. The summed E-state index contributed by atoms with van der Waals surface area (Å²) in [5.74, 6) is 0.0441. The van der Waals surface area contributed by atoms with Crippen molar-refractivity contribution in [2.24, 2.45) is 5.73 Å². The van der Waals surface area contributed by atoms with Crippen LogP contribution in [-0.2, 0) is 4.79 Å². The molecule has 0 aromatic carbocycles. The molecule has 1 heterocycles. The summed E-state index contributed by atoms with van der Waals surface area (Å²) in [6, 6.07) is 0.247. The van der Waals surface area contributed by atoms with E-state index in [1.807, 2.05) is 0 Å². The Morgan fingerprint density at radius 2 is 1.87 bits per heavy atom. The van der Waals surface area contributed by atoms with E-state index >= 15 is 0 Å². The number of nitrogens with zero attached hydrogens (tertiary/aromatic N) is 2. The van der Waals surface area contributed by atoms with E-state index in [0.29, 0.717) is 18.8 Å². The number of amides is 2. The van der Waals surface area contributed by atoms with Gasteiger partial charge >= 0.3 is 0 Å². The molecule has 0 saturated heterocycles. The van der Waals surface area contributed by atoms with E-state index in [-0.39, 0.29) is 29.6 Å². The van der Waals surface area contributed by atoms with E-state index in [0.717, 1.165) is 25.7 Å². The average molecular weight is 321 g/mol. The van der Waals surface area contributed by atoms with Crippen molar-refractivity contribution in [1.82, 2.24) is 20.6 Å². The van der Waals surface area contributed by atoms with E-state index in [1.165, 1.54) is 19.5 Å². The van der Waals surface area contributed by atoms with Gasteiger partial charge in [0.15, 0.2) is 0 Å². The van der Waals surface area contributed by atoms with Gasteiger partial charge < -0.3 is 21.1 Å². The van der Waals surface area contributed by atoms with Gasteiger partial charge in [0.05, 0.1) is 19.5 Å². The standard InChI is InChI=1S/C15H23N5O3/c1-23-14-9-17-8-12(20-14)15(22)19-11-4-2-10(3-5-11)18-13(21)6-7-16/h8-11H,2-7,16H2,1H3,(H,18,21)(H,19,22)/t10-,11-. The van der Waals surface area contributed by atoms with Gasteiger partial charge in [-0.3, -0.25) is 14.6 Å². The third-order valence-electron chi connectivity index (χ3n) is 3.85. The molecule has 23 heavy (non-hydrogen) atoms. The Bertz CT molecular complexity index is 544. The number of rotatable bonds is 6. The molecule has 1 aromatic heterocycles. The van der Waals surface area contributed by atoms with Crippen LogP contribution in [-0.4, -0.2) is 47.5 Å². The number of carbonyl (C=O) groups is 2. The van der Waals surface area contributed by atoms with Crippen molar-refractivity contribution in [2.45, 2.75) is 44.2 Å². The van der Waals surface area contributed by atoms with E-state index in [2.05, 4.69) is 20.6 Å². The van der Waals surface area contributed by atoms with Crippen molar-refractivity contribution in [2.75, 3.05) is 13.7 Å². The van der Waals surface area contributed by atoms with Crippen LogP contribution < -0.4 is 21.1 Å². The Balaban J connectivity index is 1.79. The normalized spacial score (nSPS) is 20.6. The van der Waals surface area contributed by atoms with Gasteiger partial charge in [-0.25, -0.2) is 4.98 Å². The fraction of sp³-hybridized carbons (Fsp3) is 0.600. The molecule has 0 spiro atoms. The lowest BCUT2D eigenvalue weighted by Gasteiger charge is -2.29. The number of ether oxygens (including phenoxy) is 1. The average Bonchev–Trinajstić information content (AvgIpc) is 2.57. The monoisotopic (exact) mass is 321 g/mol. The maximum Gasteiger partial charge on any atom is 0.271 e. The maximum atomic E-state index is 12.2. The Kier molecular flexibility index (Phi) is 6.28. The molecule has 1 aromatic rings. The second-order valence-electron chi connectivity index (χ2n) is 5.57. The highest BCUT2D eigenvalue weighted by Gasteiger charge is 2.24. The summed E-state index contributed by atoms with van der Waals surface area (Å²) in [6.45, 7) is 0.360. The fourth-order valence-corrected chi connectivity index (χ4v) is 2.63. The number of methoxy groups -OCH3 is 1. The lowest BCUT2D eigenvalue weighted by Crippen LogP contribution is -2.44. The van der Waals surface area contributed by atoms with Crippen molar-refractivity contribution in [3.63, 3.8) is 0 Å². The van der Waals surface area contributed by atoms with Crippen LogP contribution in [0.2, 0.25) is 0 Å². The topological polar surface area (TPSA) is 119 Å². The molecule has 0 bridgehead atoms. The third kappa shape index (κ3) is 5.17. The predicted molar refractivity (Wildman–Crippen MR) is 83.9 cm³/mol. The highest BCUT2D eigenvalue weighted by Crippen LogP contribution is 2.19. The molecule has 126 valence electrons. The number of nitrogens with two attached hydrogens (primary N) is 1. The third-order valence-corrected chi connectivity index (χ3v) is 3.85. The van der Waals surface area contributed by atoms with Crippen LogP contribution in [0.1, 0.15) is 42.6 Å². The van der Waals surface area contributed by atoms with Gasteiger partial charge in [-0.1, -0.05) is 0 Å². The van der Waals surface area contributed by atoms with Crippen LogP contribution in [0.25, 0.3) is 0 Å². The minimum absolute atomic E-state index is 0.00774. The van der Waals surface area contributed by atoms with Crippen molar-refractivity contribution >= 4 is 11.8 Å². The van der Waals surface area contributed by atoms with Gasteiger partial charge in [0.25, 0.3) is 5.91 Å². The summed E-state index contributed by atoms with van der Waals surface area (Å²) in [6.07, 6.45) is 6.53. The first-order chi connectivity index (χ1) is 11.1. The molecule has 2 amide bonds. The Morgan fingerprint density at radius 3 is 2.48 bits per heavy atom. The van der Waals surface area contributed by atoms with E-state index < -0.39 is 0 Å². The molecule has 0 atom stereocenters. The van der Waals surface area contributed by atoms with Crippen molar-refractivity contribution in [3.8, 4) is 5.88 Å². The molecular formula is C15H23N5O3. The SMILES string of the molecule is COc1cncc(C(=O)N[C@H]2CC[C@H](NC(=O)CCN)CC2)n1. The van der Waals surface area contributed by atoms with Gasteiger partial charge in [0, 0.05) is 25.0 Å². The molecule has 2 rings (SSSR count). The number of carbonyl (C=O) groups excluding carboxylic acids is 2. The van der Waals surface area contributed by atoms with Crippen molar-refractivity contribution in [3.05, 3.63) is 18.1 Å². The Labute approximate surface area is 135 Å². The summed E-state index contributed by atoms with van der Waals surface area (Å²) in [5, 5.41) is 5.93. The zero-order valence-corrected chi connectivity index (χ0v) is 13.2. The molecule has 1 fully saturated rings. The van der Waals surface area contributed by atoms with Gasteiger partial charge in [0.2, 0.25) is 11.8 Å². The van der Waals surface area contributed by atoms with Crippen LogP contribution in [0.5, 0.6) is 5.88 Å². The van der Waals surface area contributed by atoms with Crippen molar-refractivity contribution < 1.29 is 14.3 Å². The first-order valence-corrected chi connectivity index (χ1v) is 7.78. The first kappa shape index (κ1) is 17.1. The summed E-state index contributed by atoms with van der Waals surface area (Å²) >= 11 is 0. The summed E-state index contributed by atoms with van der Waals surface area (Å²) in [7, 11) is 1.48. The molecule has 0 aliphatic heterocycles. The Hall–Kier alpha value is -2.22. The van der Waals surface area contributed by atoms with Gasteiger partial charge in [-0.2, -0.15) is 0 Å². The molecule has 0 unspecified atom stereocenters. The molecule has 4 N–H and O–H groups in total. The van der Waals surface area contributed by atoms with Crippen LogP contribution >= 0.6 is 0 Å². The van der Waals surface area contributed by atoms with Gasteiger partial charge in [-0.05, 0) is 25.7 Å². The minimum Gasteiger partial charge on any atom is -0.480 e. The first-order valence-electron chi connectivity index (χ1n) is 7.78. The highest BCUT2D eigenvalue weighted by molar-refractivity contribution is 5.92. The second-order valence-corrected chi connectivity index (χ2v) is 5.57. The lowest BCUT2D eigenvalue weighted by atomic mass is 9.91. The van der Waals surface area contributed by atoms with Gasteiger partial charge in [0.1, 0.15) is 5.69 Å². The number of hydrogen-bond acceptors (Lipinski definition) is 6. The smallest absolute Gasteiger partial charge is 0.271 e. The lowest BCUT2D eigenvalue weighted by molar-refractivity contribution is -0.121. The number of nitrogens with one attached hydrogen (secondary N) is 2. The van der Waals surface area contributed by atoms with Crippen LogP contribution in [0.15, 0.2) is 12.4 Å². The molecule has 1 saturated carbocycles. The molecule has 8 heteroatoms. The van der Waals surface area contributed by atoms with Crippen LogP contribution in [0.3, 0.4) is 0 Å². The number of hydrogen-bond donors (Lipinski definition) is 3. The molecule has 1 aliphatic rings. The summed E-state index contributed by atoms with van der Waals surface area (Å²) in [5.41, 5.74) is 5.60. The summed E-state index contributed by atoms with van der Waals surface area (Å²) in [4.78, 5) is 31.7. The predicted octanol–water partition coefficient (Wildman–Crippen LogP) is -0.00880. The highest BCUT2D eigenvalue weighted by atomic mass is 16.5. The van der Waals surface area contributed by atoms with Crippen molar-refractivity contribution in [1.29, 1.82) is 0 Å².